The number of ether oxygens (including phenoxy) is 2. The van der Waals surface area contributed by atoms with E-state index >= 15 is 0 Å². The summed E-state index contributed by atoms with van der Waals surface area (Å²) in [7, 11) is 1.58. The standard InChI is InChI=1S/C20H20BrNO3/c1-3-11-22-19(23)10-9-16-12-17(21)20(18(13-16)24-2)25-14-15-7-5-4-6-8-15/h3-10,12-13H,1,11,14H2,2H3,(H,22,23)/b10-9+. The first kappa shape index (κ1) is 18.8. The molecule has 130 valence electrons. The summed E-state index contributed by atoms with van der Waals surface area (Å²) in [4.78, 5) is 11.6. The van der Waals surface area contributed by atoms with Crippen molar-refractivity contribution in [3.63, 3.8) is 0 Å². The smallest absolute Gasteiger partial charge is 0.244 e. The maximum Gasteiger partial charge on any atom is 0.244 e. The van der Waals surface area contributed by atoms with Crippen molar-refractivity contribution in [1.82, 2.24) is 5.32 Å². The average Bonchev–Trinajstić information content (AvgIpc) is 2.64. The summed E-state index contributed by atoms with van der Waals surface area (Å²) in [6, 6.07) is 13.6. The van der Waals surface area contributed by atoms with Gasteiger partial charge in [-0.05, 0) is 45.3 Å². The first-order chi connectivity index (χ1) is 12.1. The minimum atomic E-state index is -0.181. The lowest BCUT2D eigenvalue weighted by molar-refractivity contribution is -0.116. The second-order valence-corrected chi connectivity index (χ2v) is 6.03. The van der Waals surface area contributed by atoms with Crippen LogP contribution in [-0.4, -0.2) is 19.6 Å². The molecule has 25 heavy (non-hydrogen) atoms. The average molecular weight is 402 g/mol. The molecule has 0 unspecified atom stereocenters. The lowest BCUT2D eigenvalue weighted by Crippen LogP contribution is -2.20. The molecule has 0 aliphatic carbocycles. The minimum Gasteiger partial charge on any atom is -0.493 e. The van der Waals surface area contributed by atoms with Gasteiger partial charge in [-0.2, -0.15) is 0 Å². The van der Waals surface area contributed by atoms with Gasteiger partial charge in [-0.25, -0.2) is 0 Å². The molecular formula is C20H20BrNO3. The number of benzene rings is 2. The fourth-order valence-corrected chi connectivity index (χ4v) is 2.68. The van der Waals surface area contributed by atoms with E-state index in [0.717, 1.165) is 15.6 Å². The van der Waals surface area contributed by atoms with Crippen molar-refractivity contribution in [1.29, 1.82) is 0 Å². The Morgan fingerprint density at radius 2 is 2.04 bits per heavy atom. The molecule has 2 aromatic carbocycles. The zero-order valence-electron chi connectivity index (χ0n) is 14.0. The molecule has 2 rings (SSSR count). The quantitative estimate of drug-likeness (QED) is 0.528. The van der Waals surface area contributed by atoms with Crippen LogP contribution in [0.3, 0.4) is 0 Å². The normalized spacial score (nSPS) is 10.5. The van der Waals surface area contributed by atoms with E-state index in [1.54, 1.807) is 19.3 Å². The van der Waals surface area contributed by atoms with E-state index in [1.807, 2.05) is 42.5 Å². The number of hydrogen-bond acceptors (Lipinski definition) is 3. The highest BCUT2D eigenvalue weighted by Crippen LogP contribution is 2.37. The molecule has 0 spiro atoms. The minimum absolute atomic E-state index is 0.181. The highest BCUT2D eigenvalue weighted by molar-refractivity contribution is 9.10. The van der Waals surface area contributed by atoms with Gasteiger partial charge in [-0.1, -0.05) is 36.4 Å². The summed E-state index contributed by atoms with van der Waals surface area (Å²) in [6.07, 6.45) is 4.81. The van der Waals surface area contributed by atoms with E-state index in [2.05, 4.69) is 27.8 Å². The van der Waals surface area contributed by atoms with Gasteiger partial charge < -0.3 is 14.8 Å². The van der Waals surface area contributed by atoms with Gasteiger partial charge in [0.1, 0.15) is 6.61 Å². The molecule has 4 nitrogen and oxygen atoms in total. The van der Waals surface area contributed by atoms with Crippen molar-refractivity contribution in [2.75, 3.05) is 13.7 Å². The molecular weight excluding hydrogens is 382 g/mol. The summed E-state index contributed by atoms with van der Waals surface area (Å²) < 4.78 is 12.1. The number of hydrogen-bond donors (Lipinski definition) is 1. The number of nitrogens with one attached hydrogen (secondary N) is 1. The molecule has 1 amide bonds. The number of amides is 1. The van der Waals surface area contributed by atoms with Crippen LogP contribution in [0.15, 0.2) is 65.7 Å². The number of methoxy groups -OCH3 is 1. The van der Waals surface area contributed by atoms with E-state index in [-0.39, 0.29) is 5.91 Å². The fourth-order valence-electron chi connectivity index (χ4n) is 2.11. The van der Waals surface area contributed by atoms with E-state index in [1.165, 1.54) is 6.08 Å². The summed E-state index contributed by atoms with van der Waals surface area (Å²) in [5, 5.41) is 2.68. The van der Waals surface area contributed by atoms with Gasteiger partial charge in [0, 0.05) is 12.6 Å². The maximum atomic E-state index is 11.6. The monoisotopic (exact) mass is 401 g/mol. The third kappa shape index (κ3) is 5.80. The molecule has 0 radical (unpaired) electrons. The molecule has 0 aliphatic rings. The Hall–Kier alpha value is -2.53. The van der Waals surface area contributed by atoms with Crippen LogP contribution in [0.5, 0.6) is 11.5 Å². The summed E-state index contributed by atoms with van der Waals surface area (Å²) in [5.74, 6) is 1.04. The van der Waals surface area contributed by atoms with E-state index < -0.39 is 0 Å². The lowest BCUT2D eigenvalue weighted by Gasteiger charge is -2.13. The Bertz CT molecular complexity index is 757. The SMILES string of the molecule is C=CCNC(=O)/C=C/c1cc(Br)c(OCc2ccccc2)c(OC)c1. The summed E-state index contributed by atoms with van der Waals surface area (Å²) >= 11 is 3.51. The van der Waals surface area contributed by atoms with Crippen LogP contribution in [0.1, 0.15) is 11.1 Å². The van der Waals surface area contributed by atoms with Crippen LogP contribution in [-0.2, 0) is 11.4 Å². The molecule has 0 bridgehead atoms. The number of carbonyl (C=O) groups excluding carboxylic acids is 1. The molecule has 2 aromatic rings. The predicted molar refractivity (Wildman–Crippen MR) is 104 cm³/mol. The van der Waals surface area contributed by atoms with Crippen LogP contribution in [0, 0.1) is 0 Å². The van der Waals surface area contributed by atoms with Crippen LogP contribution < -0.4 is 14.8 Å². The van der Waals surface area contributed by atoms with Crippen LogP contribution in [0.2, 0.25) is 0 Å². The van der Waals surface area contributed by atoms with Crippen LogP contribution in [0.4, 0.5) is 0 Å². The van der Waals surface area contributed by atoms with Gasteiger partial charge in [0.15, 0.2) is 11.5 Å². The van der Waals surface area contributed by atoms with Crippen molar-refractivity contribution in [3.8, 4) is 11.5 Å². The largest absolute Gasteiger partial charge is 0.493 e. The van der Waals surface area contributed by atoms with Gasteiger partial charge >= 0.3 is 0 Å². The molecule has 5 heteroatoms. The maximum absolute atomic E-state index is 11.6. The van der Waals surface area contributed by atoms with Crippen LogP contribution in [0.25, 0.3) is 6.08 Å². The molecule has 0 heterocycles. The summed E-state index contributed by atoms with van der Waals surface area (Å²) in [6.45, 7) is 4.43. The number of carbonyl (C=O) groups is 1. The number of halogens is 1. The second kappa shape index (κ2) is 9.69. The van der Waals surface area contributed by atoms with Crippen molar-refractivity contribution in [2.45, 2.75) is 6.61 Å². The van der Waals surface area contributed by atoms with E-state index in [9.17, 15) is 4.79 Å². The highest BCUT2D eigenvalue weighted by atomic mass is 79.9. The van der Waals surface area contributed by atoms with E-state index in [4.69, 9.17) is 9.47 Å². The van der Waals surface area contributed by atoms with Gasteiger partial charge in [0.25, 0.3) is 0 Å². The number of rotatable bonds is 8. The molecule has 0 saturated heterocycles. The van der Waals surface area contributed by atoms with E-state index in [0.29, 0.717) is 24.7 Å². The van der Waals surface area contributed by atoms with Crippen molar-refractivity contribution >= 4 is 27.9 Å². The van der Waals surface area contributed by atoms with Gasteiger partial charge in [0.05, 0.1) is 11.6 Å². The zero-order chi connectivity index (χ0) is 18.1. The molecule has 0 atom stereocenters. The first-order valence-electron chi connectivity index (χ1n) is 7.75. The Kier molecular flexibility index (Phi) is 7.29. The Morgan fingerprint density at radius 1 is 1.28 bits per heavy atom. The van der Waals surface area contributed by atoms with Crippen molar-refractivity contribution in [2.24, 2.45) is 0 Å². The lowest BCUT2D eigenvalue weighted by atomic mass is 10.2. The molecule has 1 N–H and O–H groups in total. The zero-order valence-corrected chi connectivity index (χ0v) is 15.6. The van der Waals surface area contributed by atoms with Crippen LogP contribution >= 0.6 is 15.9 Å². The molecule has 0 saturated carbocycles. The molecule has 0 aliphatic heterocycles. The molecule has 0 aromatic heterocycles. The third-order valence-corrected chi connectivity index (χ3v) is 3.91. The summed E-state index contributed by atoms with van der Waals surface area (Å²) in [5.41, 5.74) is 1.89. The Morgan fingerprint density at radius 3 is 2.72 bits per heavy atom. The van der Waals surface area contributed by atoms with Gasteiger partial charge in [0.2, 0.25) is 5.91 Å². The van der Waals surface area contributed by atoms with Gasteiger partial charge in [-0.3, -0.25) is 4.79 Å². The highest BCUT2D eigenvalue weighted by Gasteiger charge is 2.11. The predicted octanol–water partition coefficient (Wildman–Crippen LogP) is 4.35. The Labute approximate surface area is 156 Å². The van der Waals surface area contributed by atoms with Crippen molar-refractivity contribution in [3.05, 3.63) is 76.8 Å². The third-order valence-electron chi connectivity index (χ3n) is 3.33. The molecule has 0 fully saturated rings. The van der Waals surface area contributed by atoms with Crippen molar-refractivity contribution < 1.29 is 14.3 Å². The first-order valence-corrected chi connectivity index (χ1v) is 8.54. The fraction of sp³-hybridized carbons (Fsp3) is 0.150. The topological polar surface area (TPSA) is 47.6 Å². The van der Waals surface area contributed by atoms with Gasteiger partial charge in [-0.15, -0.1) is 6.58 Å². The Balaban J connectivity index is 2.13. The second-order valence-electron chi connectivity index (χ2n) is 5.18.